The standard InChI is InChI=1S/C16H18O3/c1-19-15-9-5-8-13(16(15)18)10-11-14(17)12-6-3-2-4-7-12/h2-9,14,17-18H,10-11H2,1H3. The van der Waals surface area contributed by atoms with Gasteiger partial charge in [-0.15, -0.1) is 0 Å². The topological polar surface area (TPSA) is 49.7 Å². The van der Waals surface area contributed by atoms with Gasteiger partial charge in [0.05, 0.1) is 13.2 Å². The molecule has 100 valence electrons. The quantitative estimate of drug-likeness (QED) is 0.866. The Bertz CT molecular complexity index is 523. The van der Waals surface area contributed by atoms with Crippen molar-refractivity contribution in [2.24, 2.45) is 0 Å². The molecule has 0 amide bonds. The predicted molar refractivity (Wildman–Crippen MR) is 74.4 cm³/mol. The molecule has 3 nitrogen and oxygen atoms in total. The maximum atomic E-state index is 10.1. The van der Waals surface area contributed by atoms with Gasteiger partial charge < -0.3 is 14.9 Å². The summed E-state index contributed by atoms with van der Waals surface area (Å²) in [7, 11) is 1.53. The van der Waals surface area contributed by atoms with Crippen LogP contribution in [0.5, 0.6) is 11.5 Å². The molecule has 0 radical (unpaired) electrons. The van der Waals surface area contributed by atoms with Crippen LogP contribution in [0, 0.1) is 0 Å². The molecule has 0 spiro atoms. The Kier molecular flexibility index (Phi) is 4.42. The summed E-state index contributed by atoms with van der Waals surface area (Å²) in [4.78, 5) is 0. The molecule has 1 atom stereocenters. The Labute approximate surface area is 113 Å². The normalized spacial score (nSPS) is 12.1. The Morgan fingerprint density at radius 1 is 1.05 bits per heavy atom. The van der Waals surface area contributed by atoms with Crippen LogP contribution in [0.1, 0.15) is 23.7 Å². The molecular formula is C16H18O3. The summed E-state index contributed by atoms with van der Waals surface area (Å²) in [5.74, 6) is 0.622. The minimum absolute atomic E-state index is 0.158. The molecule has 1 unspecified atom stereocenters. The molecule has 3 heteroatoms. The molecule has 2 aromatic rings. The first kappa shape index (κ1) is 13.4. The Morgan fingerprint density at radius 3 is 2.47 bits per heavy atom. The number of rotatable bonds is 5. The first-order valence-electron chi connectivity index (χ1n) is 6.30. The average molecular weight is 258 g/mol. The van der Waals surface area contributed by atoms with Crippen LogP contribution in [0.15, 0.2) is 48.5 Å². The molecule has 0 aromatic heterocycles. The second-order valence-electron chi connectivity index (χ2n) is 4.43. The Hall–Kier alpha value is -2.00. The molecule has 0 saturated carbocycles. The fraction of sp³-hybridized carbons (Fsp3) is 0.250. The zero-order valence-corrected chi connectivity index (χ0v) is 10.9. The highest BCUT2D eigenvalue weighted by Gasteiger charge is 2.11. The smallest absolute Gasteiger partial charge is 0.160 e. The molecule has 0 heterocycles. The molecule has 0 fully saturated rings. The number of hydrogen-bond donors (Lipinski definition) is 2. The number of hydrogen-bond acceptors (Lipinski definition) is 3. The zero-order chi connectivity index (χ0) is 13.7. The van der Waals surface area contributed by atoms with E-state index in [0.717, 1.165) is 11.1 Å². The lowest BCUT2D eigenvalue weighted by atomic mass is 10.0. The Balaban J connectivity index is 2.03. The van der Waals surface area contributed by atoms with Crippen LogP contribution < -0.4 is 4.74 Å². The fourth-order valence-electron chi connectivity index (χ4n) is 2.07. The van der Waals surface area contributed by atoms with Crippen molar-refractivity contribution in [1.29, 1.82) is 0 Å². The number of benzene rings is 2. The van der Waals surface area contributed by atoms with Crippen molar-refractivity contribution in [3.05, 3.63) is 59.7 Å². The summed E-state index contributed by atoms with van der Waals surface area (Å²) < 4.78 is 5.06. The van der Waals surface area contributed by atoms with E-state index in [9.17, 15) is 10.2 Å². The van der Waals surface area contributed by atoms with Gasteiger partial charge in [-0.1, -0.05) is 42.5 Å². The first-order valence-corrected chi connectivity index (χ1v) is 6.30. The van der Waals surface area contributed by atoms with Crippen molar-refractivity contribution in [1.82, 2.24) is 0 Å². The fourth-order valence-corrected chi connectivity index (χ4v) is 2.07. The van der Waals surface area contributed by atoms with Crippen LogP contribution in [-0.2, 0) is 6.42 Å². The minimum atomic E-state index is -0.521. The van der Waals surface area contributed by atoms with Crippen molar-refractivity contribution in [2.45, 2.75) is 18.9 Å². The number of methoxy groups -OCH3 is 1. The second kappa shape index (κ2) is 6.25. The molecule has 19 heavy (non-hydrogen) atoms. The minimum Gasteiger partial charge on any atom is -0.504 e. The number of ether oxygens (including phenoxy) is 1. The van der Waals surface area contributed by atoms with Crippen LogP contribution >= 0.6 is 0 Å². The van der Waals surface area contributed by atoms with Gasteiger partial charge in [-0.2, -0.15) is 0 Å². The van der Waals surface area contributed by atoms with E-state index in [0.29, 0.717) is 18.6 Å². The highest BCUT2D eigenvalue weighted by molar-refractivity contribution is 5.45. The summed E-state index contributed by atoms with van der Waals surface area (Å²) in [6.07, 6.45) is 0.635. The molecule has 2 aromatic carbocycles. The van der Waals surface area contributed by atoms with Crippen LogP contribution in [0.25, 0.3) is 0 Å². The molecule has 2 N–H and O–H groups in total. The third kappa shape index (κ3) is 3.26. The number of phenols is 1. The van der Waals surface area contributed by atoms with Crippen molar-refractivity contribution < 1.29 is 14.9 Å². The highest BCUT2D eigenvalue weighted by Crippen LogP contribution is 2.31. The lowest BCUT2D eigenvalue weighted by molar-refractivity contribution is 0.167. The van der Waals surface area contributed by atoms with Crippen molar-refractivity contribution in [3.63, 3.8) is 0 Å². The maximum absolute atomic E-state index is 10.1. The van der Waals surface area contributed by atoms with Crippen molar-refractivity contribution >= 4 is 0 Å². The van der Waals surface area contributed by atoms with E-state index >= 15 is 0 Å². The van der Waals surface area contributed by atoms with Crippen LogP contribution in [-0.4, -0.2) is 17.3 Å². The van der Waals surface area contributed by atoms with Crippen molar-refractivity contribution in [2.75, 3.05) is 7.11 Å². The summed E-state index contributed by atoms with van der Waals surface area (Å²) in [6, 6.07) is 14.9. The lowest BCUT2D eigenvalue weighted by Crippen LogP contribution is -2.00. The van der Waals surface area contributed by atoms with Crippen LogP contribution in [0.4, 0.5) is 0 Å². The number of aliphatic hydroxyl groups excluding tert-OH is 1. The maximum Gasteiger partial charge on any atom is 0.160 e. The van der Waals surface area contributed by atoms with E-state index in [2.05, 4.69) is 0 Å². The van der Waals surface area contributed by atoms with Gasteiger partial charge in [0.1, 0.15) is 0 Å². The molecule has 2 rings (SSSR count). The molecule has 0 aliphatic carbocycles. The summed E-state index contributed by atoms with van der Waals surface area (Å²) in [5, 5.41) is 20.1. The first-order chi connectivity index (χ1) is 9.22. The SMILES string of the molecule is COc1cccc(CCC(O)c2ccccc2)c1O. The van der Waals surface area contributed by atoms with Gasteiger partial charge >= 0.3 is 0 Å². The third-order valence-electron chi connectivity index (χ3n) is 3.17. The van der Waals surface area contributed by atoms with E-state index in [-0.39, 0.29) is 5.75 Å². The van der Waals surface area contributed by atoms with Gasteiger partial charge in [0.2, 0.25) is 0 Å². The van der Waals surface area contributed by atoms with Crippen LogP contribution in [0.3, 0.4) is 0 Å². The number of aryl methyl sites for hydroxylation is 1. The second-order valence-corrected chi connectivity index (χ2v) is 4.43. The van der Waals surface area contributed by atoms with Gasteiger partial charge in [-0.25, -0.2) is 0 Å². The molecular weight excluding hydrogens is 240 g/mol. The molecule has 0 bridgehead atoms. The van der Waals surface area contributed by atoms with E-state index in [1.807, 2.05) is 42.5 Å². The van der Waals surface area contributed by atoms with Gasteiger partial charge in [-0.3, -0.25) is 0 Å². The van der Waals surface area contributed by atoms with Gasteiger partial charge in [-0.05, 0) is 30.0 Å². The third-order valence-corrected chi connectivity index (χ3v) is 3.17. The molecule has 0 saturated heterocycles. The largest absolute Gasteiger partial charge is 0.504 e. The van der Waals surface area contributed by atoms with E-state index in [1.54, 1.807) is 6.07 Å². The van der Waals surface area contributed by atoms with Gasteiger partial charge in [0.25, 0.3) is 0 Å². The zero-order valence-electron chi connectivity index (χ0n) is 10.9. The Morgan fingerprint density at radius 2 is 1.79 bits per heavy atom. The number of para-hydroxylation sites is 1. The monoisotopic (exact) mass is 258 g/mol. The van der Waals surface area contributed by atoms with E-state index in [4.69, 9.17) is 4.74 Å². The summed E-state index contributed by atoms with van der Waals surface area (Å²) in [6.45, 7) is 0. The van der Waals surface area contributed by atoms with E-state index in [1.165, 1.54) is 7.11 Å². The molecule has 0 aliphatic heterocycles. The highest BCUT2D eigenvalue weighted by atomic mass is 16.5. The van der Waals surface area contributed by atoms with Gasteiger partial charge in [0.15, 0.2) is 11.5 Å². The van der Waals surface area contributed by atoms with E-state index < -0.39 is 6.10 Å². The lowest BCUT2D eigenvalue weighted by Gasteiger charge is -2.12. The number of aliphatic hydroxyl groups is 1. The number of phenolic OH excluding ortho intramolecular Hbond substituents is 1. The van der Waals surface area contributed by atoms with Crippen LogP contribution in [0.2, 0.25) is 0 Å². The predicted octanol–water partition coefficient (Wildman–Crippen LogP) is 3.07. The average Bonchev–Trinajstić information content (AvgIpc) is 2.47. The van der Waals surface area contributed by atoms with Crippen molar-refractivity contribution in [3.8, 4) is 11.5 Å². The summed E-state index contributed by atoms with van der Waals surface area (Å²) in [5.41, 5.74) is 1.68. The summed E-state index contributed by atoms with van der Waals surface area (Å²) >= 11 is 0. The number of aromatic hydroxyl groups is 1. The van der Waals surface area contributed by atoms with Gasteiger partial charge in [0, 0.05) is 0 Å². The molecule has 0 aliphatic rings.